The number of nitrogens with zero attached hydrogens (tertiary/aromatic N) is 1. The van der Waals surface area contributed by atoms with E-state index in [1.807, 2.05) is 0 Å². The van der Waals surface area contributed by atoms with Gasteiger partial charge in [-0.05, 0) is 13.0 Å². The smallest absolute Gasteiger partial charge is 0.267 e. The minimum absolute atomic E-state index is 0.132. The van der Waals surface area contributed by atoms with E-state index in [9.17, 15) is 23.1 Å². The van der Waals surface area contributed by atoms with E-state index in [0.29, 0.717) is 12.8 Å². The third-order valence-corrected chi connectivity index (χ3v) is 3.64. The third-order valence-electron chi connectivity index (χ3n) is 2.83. The number of aliphatic hydroxyl groups is 1. The molecule has 2 unspecified atom stereocenters. The normalized spacial score (nSPS) is 20.4. The molecule has 1 rings (SSSR count). The van der Waals surface area contributed by atoms with Crippen molar-refractivity contribution in [2.45, 2.75) is 13.0 Å². The number of ketones is 1. The first-order chi connectivity index (χ1) is 9.28. The number of rotatable bonds is 7. The molecule has 0 aromatic carbocycles. The van der Waals surface area contributed by atoms with Crippen LogP contribution in [0.25, 0.3) is 0 Å². The Morgan fingerprint density at radius 1 is 1.50 bits per heavy atom. The zero-order valence-electron chi connectivity index (χ0n) is 11.0. The van der Waals surface area contributed by atoms with Crippen LogP contribution in [0.15, 0.2) is 23.9 Å². The molecule has 0 amide bonds. The number of hydrogen-bond acceptors (Lipinski definition) is 6. The maximum Gasteiger partial charge on any atom is 0.267 e. The molecule has 1 aliphatic rings. The number of Topliss-reactive ketones (excluding diaryl/α,β-unsaturated/α-hetero) is 1. The van der Waals surface area contributed by atoms with E-state index in [1.54, 1.807) is 13.0 Å². The summed E-state index contributed by atoms with van der Waals surface area (Å²) >= 11 is 0. The highest BCUT2D eigenvalue weighted by atomic mass is 32.2. The lowest BCUT2D eigenvalue weighted by atomic mass is 9.97. The standard InChI is InChI=1S/C12H17NO6S/c1-2-13(6-10(15)8-20(17,18)19)11-5-3-4-9(7-14)12(11)16/h3-5,7,9-10,15H,2,6,8H2,1H3,(H,17,18,19). The molecule has 0 fully saturated rings. The van der Waals surface area contributed by atoms with Crippen LogP contribution in [-0.4, -0.2) is 60.0 Å². The molecular weight excluding hydrogens is 286 g/mol. The Balaban J connectivity index is 2.81. The summed E-state index contributed by atoms with van der Waals surface area (Å²) < 4.78 is 30.0. The molecule has 112 valence electrons. The molecule has 7 nitrogen and oxygen atoms in total. The van der Waals surface area contributed by atoms with Crippen LogP contribution in [0.3, 0.4) is 0 Å². The van der Waals surface area contributed by atoms with Gasteiger partial charge in [0.05, 0.1) is 17.7 Å². The van der Waals surface area contributed by atoms with Crippen LogP contribution in [0.4, 0.5) is 0 Å². The summed E-state index contributed by atoms with van der Waals surface area (Å²) in [5.41, 5.74) is 0.237. The Morgan fingerprint density at radius 2 is 2.15 bits per heavy atom. The van der Waals surface area contributed by atoms with Crippen LogP contribution >= 0.6 is 0 Å². The van der Waals surface area contributed by atoms with Gasteiger partial charge in [0.25, 0.3) is 10.1 Å². The highest BCUT2D eigenvalue weighted by Crippen LogP contribution is 2.17. The highest BCUT2D eigenvalue weighted by molar-refractivity contribution is 7.85. The van der Waals surface area contributed by atoms with E-state index in [-0.39, 0.29) is 12.2 Å². The van der Waals surface area contributed by atoms with Gasteiger partial charge in [-0.15, -0.1) is 0 Å². The van der Waals surface area contributed by atoms with Crippen LogP contribution in [0, 0.1) is 5.92 Å². The van der Waals surface area contributed by atoms with E-state index >= 15 is 0 Å². The van der Waals surface area contributed by atoms with Gasteiger partial charge in [0.2, 0.25) is 0 Å². The molecule has 2 atom stereocenters. The van der Waals surface area contributed by atoms with Gasteiger partial charge >= 0.3 is 0 Å². The average molecular weight is 303 g/mol. The molecule has 0 radical (unpaired) electrons. The van der Waals surface area contributed by atoms with Crippen molar-refractivity contribution < 1.29 is 27.7 Å². The molecule has 20 heavy (non-hydrogen) atoms. The van der Waals surface area contributed by atoms with E-state index in [4.69, 9.17) is 4.55 Å². The number of carbonyl (C=O) groups excluding carboxylic acids is 2. The monoisotopic (exact) mass is 303 g/mol. The van der Waals surface area contributed by atoms with Crippen molar-refractivity contribution in [3.63, 3.8) is 0 Å². The predicted molar refractivity (Wildman–Crippen MR) is 71.5 cm³/mol. The van der Waals surface area contributed by atoms with Crippen LogP contribution in [0.1, 0.15) is 6.92 Å². The highest BCUT2D eigenvalue weighted by Gasteiger charge is 2.27. The molecule has 1 aliphatic carbocycles. The van der Waals surface area contributed by atoms with Crippen molar-refractivity contribution in [2.75, 3.05) is 18.8 Å². The first-order valence-electron chi connectivity index (χ1n) is 6.04. The number of allylic oxidation sites excluding steroid dienone is 4. The minimum Gasteiger partial charge on any atom is -0.390 e. The fourth-order valence-electron chi connectivity index (χ4n) is 1.92. The lowest BCUT2D eigenvalue weighted by Crippen LogP contribution is -2.39. The molecule has 0 bridgehead atoms. The fraction of sp³-hybridized carbons (Fsp3) is 0.500. The first kappa shape index (κ1) is 16.5. The molecule has 0 aromatic rings. The maximum absolute atomic E-state index is 12.0. The van der Waals surface area contributed by atoms with Crippen LogP contribution in [0.2, 0.25) is 0 Å². The van der Waals surface area contributed by atoms with Crippen molar-refractivity contribution in [2.24, 2.45) is 5.92 Å². The van der Waals surface area contributed by atoms with Crippen LogP contribution in [0.5, 0.6) is 0 Å². The average Bonchev–Trinajstić information content (AvgIpc) is 2.34. The Kier molecular flexibility index (Phi) is 5.61. The second-order valence-electron chi connectivity index (χ2n) is 4.40. The van der Waals surface area contributed by atoms with Gasteiger partial charge in [0, 0.05) is 13.1 Å². The molecule has 0 heterocycles. The van der Waals surface area contributed by atoms with Gasteiger partial charge < -0.3 is 14.8 Å². The lowest BCUT2D eigenvalue weighted by Gasteiger charge is -2.29. The number of carbonyl (C=O) groups is 2. The SMILES string of the molecule is CCN(CC(O)CS(=O)(=O)O)C1=CC=CC(C=O)C1=O. The largest absolute Gasteiger partial charge is 0.390 e. The van der Waals surface area contributed by atoms with Crippen molar-refractivity contribution >= 4 is 22.2 Å². The van der Waals surface area contributed by atoms with Gasteiger partial charge in [-0.3, -0.25) is 9.35 Å². The zero-order valence-corrected chi connectivity index (χ0v) is 11.8. The molecule has 0 aliphatic heterocycles. The van der Waals surface area contributed by atoms with Crippen molar-refractivity contribution in [1.29, 1.82) is 0 Å². The van der Waals surface area contributed by atoms with Crippen molar-refractivity contribution in [1.82, 2.24) is 4.90 Å². The predicted octanol–water partition coefficient (Wildman–Crippen LogP) is -0.605. The third kappa shape index (κ3) is 4.55. The molecule has 8 heteroatoms. The Labute approximate surface area is 117 Å². The molecule has 0 saturated heterocycles. The van der Waals surface area contributed by atoms with Gasteiger partial charge in [-0.2, -0.15) is 8.42 Å². The van der Waals surface area contributed by atoms with E-state index in [2.05, 4.69) is 0 Å². The second-order valence-corrected chi connectivity index (χ2v) is 5.90. The Bertz CT molecular complexity index is 536. The summed E-state index contributed by atoms with van der Waals surface area (Å²) in [4.78, 5) is 24.2. The summed E-state index contributed by atoms with van der Waals surface area (Å²) in [6.07, 6.45) is 3.72. The van der Waals surface area contributed by atoms with Crippen molar-refractivity contribution in [3.05, 3.63) is 23.9 Å². The van der Waals surface area contributed by atoms with Gasteiger partial charge in [0.15, 0.2) is 5.78 Å². The summed E-state index contributed by atoms with van der Waals surface area (Å²) in [6, 6.07) is 0. The zero-order chi connectivity index (χ0) is 15.3. The second kappa shape index (κ2) is 6.78. The van der Waals surface area contributed by atoms with E-state index < -0.39 is 33.7 Å². The number of aliphatic hydroxyl groups excluding tert-OH is 1. The molecule has 2 N–H and O–H groups in total. The molecular formula is C12H17NO6S. The summed E-state index contributed by atoms with van der Waals surface area (Å²) in [7, 11) is -4.29. The lowest BCUT2D eigenvalue weighted by molar-refractivity contribution is -0.124. The fourth-order valence-corrected chi connectivity index (χ4v) is 2.51. The number of likely N-dealkylation sites (N-methyl/N-ethyl adjacent to an activating group) is 1. The number of hydrogen-bond donors (Lipinski definition) is 2. The van der Waals surface area contributed by atoms with Gasteiger partial charge in [-0.1, -0.05) is 12.2 Å². The summed E-state index contributed by atoms with van der Waals surface area (Å²) in [5.74, 6) is -2.07. The van der Waals surface area contributed by atoms with Crippen LogP contribution in [-0.2, 0) is 19.7 Å². The first-order valence-corrected chi connectivity index (χ1v) is 7.65. The topological polar surface area (TPSA) is 112 Å². The molecule has 0 spiro atoms. The summed E-state index contributed by atoms with van der Waals surface area (Å²) in [6.45, 7) is 1.94. The van der Waals surface area contributed by atoms with Gasteiger partial charge in [0.1, 0.15) is 12.0 Å². The quantitative estimate of drug-likeness (QED) is 0.367. The summed E-state index contributed by atoms with van der Waals surface area (Å²) in [5, 5.41) is 9.62. The van der Waals surface area contributed by atoms with Gasteiger partial charge in [-0.25, -0.2) is 0 Å². The van der Waals surface area contributed by atoms with E-state index in [1.165, 1.54) is 17.1 Å². The van der Waals surface area contributed by atoms with Crippen LogP contribution < -0.4 is 0 Å². The molecule has 0 aromatic heterocycles. The van der Waals surface area contributed by atoms with E-state index in [0.717, 1.165) is 0 Å². The molecule has 0 saturated carbocycles. The minimum atomic E-state index is -4.29. The Morgan fingerprint density at radius 3 is 2.65 bits per heavy atom. The number of aldehydes is 1. The Hall–Kier alpha value is -1.51. The van der Waals surface area contributed by atoms with Crippen molar-refractivity contribution in [3.8, 4) is 0 Å². The maximum atomic E-state index is 12.0.